The first-order valence-corrected chi connectivity index (χ1v) is 8.57. The van der Waals surface area contributed by atoms with Crippen LogP contribution in [0.3, 0.4) is 0 Å². The van der Waals surface area contributed by atoms with Crippen molar-refractivity contribution in [1.29, 1.82) is 0 Å². The van der Waals surface area contributed by atoms with E-state index < -0.39 is 0 Å². The van der Waals surface area contributed by atoms with Crippen LogP contribution in [-0.2, 0) is 12.8 Å². The van der Waals surface area contributed by atoms with Crippen LogP contribution in [0, 0.1) is 5.92 Å². The predicted molar refractivity (Wildman–Crippen MR) is 88.2 cm³/mol. The van der Waals surface area contributed by atoms with E-state index in [2.05, 4.69) is 44.4 Å². The molecule has 0 aliphatic heterocycles. The maximum Gasteiger partial charge on any atom is 0.0323 e. The van der Waals surface area contributed by atoms with Crippen LogP contribution in [0.25, 0.3) is 0 Å². The van der Waals surface area contributed by atoms with E-state index in [-0.39, 0.29) is 0 Å². The van der Waals surface area contributed by atoms with Gasteiger partial charge in [-0.25, -0.2) is 0 Å². The van der Waals surface area contributed by atoms with E-state index in [9.17, 15) is 0 Å². The highest BCUT2D eigenvalue weighted by molar-refractivity contribution is 5.34. The lowest BCUT2D eigenvalue weighted by Crippen LogP contribution is -2.22. The Morgan fingerprint density at radius 2 is 1.85 bits per heavy atom. The van der Waals surface area contributed by atoms with Crippen LogP contribution in [-0.4, -0.2) is 7.05 Å². The zero-order chi connectivity index (χ0) is 14.4. The van der Waals surface area contributed by atoms with Gasteiger partial charge in [0.2, 0.25) is 0 Å². The molecule has 112 valence electrons. The van der Waals surface area contributed by atoms with E-state index in [1.807, 2.05) is 0 Å². The van der Waals surface area contributed by atoms with Gasteiger partial charge in [0.1, 0.15) is 0 Å². The van der Waals surface area contributed by atoms with Crippen LogP contribution < -0.4 is 5.32 Å². The third kappa shape index (κ3) is 3.85. The van der Waals surface area contributed by atoms with Gasteiger partial charge in [-0.2, -0.15) is 0 Å². The molecule has 0 spiro atoms. The third-order valence-electron chi connectivity index (χ3n) is 5.02. The van der Waals surface area contributed by atoms with Crippen LogP contribution in [0.5, 0.6) is 0 Å². The van der Waals surface area contributed by atoms with Gasteiger partial charge in [-0.05, 0) is 48.9 Å². The zero-order valence-corrected chi connectivity index (χ0v) is 13.5. The van der Waals surface area contributed by atoms with Crippen LogP contribution in [0.15, 0.2) is 18.2 Å². The number of rotatable bonds is 6. The summed E-state index contributed by atoms with van der Waals surface area (Å²) in [6, 6.07) is 7.64. The second-order valence-electron chi connectivity index (χ2n) is 6.32. The fourth-order valence-electron chi connectivity index (χ4n) is 3.67. The Bertz CT molecular complexity index is 404. The van der Waals surface area contributed by atoms with Crippen molar-refractivity contribution in [2.24, 2.45) is 5.92 Å². The Labute approximate surface area is 125 Å². The summed E-state index contributed by atoms with van der Waals surface area (Å²) < 4.78 is 0. The number of aryl methyl sites for hydroxylation is 2. The van der Waals surface area contributed by atoms with Gasteiger partial charge in [-0.3, -0.25) is 0 Å². The van der Waals surface area contributed by atoms with E-state index >= 15 is 0 Å². The smallest absolute Gasteiger partial charge is 0.0323 e. The van der Waals surface area contributed by atoms with Crippen molar-refractivity contribution >= 4 is 0 Å². The molecule has 0 amide bonds. The molecule has 1 fully saturated rings. The summed E-state index contributed by atoms with van der Waals surface area (Å²) in [5.74, 6) is 0.927. The molecule has 20 heavy (non-hydrogen) atoms. The molecule has 1 heteroatoms. The third-order valence-corrected chi connectivity index (χ3v) is 5.02. The fraction of sp³-hybridized carbons (Fsp3) is 0.684. The molecule has 0 heterocycles. The first kappa shape index (κ1) is 15.6. The lowest BCUT2D eigenvalue weighted by Gasteiger charge is -2.28. The Balaban J connectivity index is 2.16. The van der Waals surface area contributed by atoms with Gasteiger partial charge < -0.3 is 5.32 Å². The summed E-state index contributed by atoms with van der Waals surface area (Å²) >= 11 is 0. The molecular weight excluding hydrogens is 242 g/mol. The molecule has 1 aromatic rings. The minimum atomic E-state index is 0.541. The maximum absolute atomic E-state index is 3.59. The lowest BCUT2D eigenvalue weighted by atomic mass is 9.82. The van der Waals surface area contributed by atoms with E-state index in [4.69, 9.17) is 0 Å². The SMILES string of the molecule is CCc1ccc(CC)c(C(CC2CCCCC2)NC)c1. The van der Waals surface area contributed by atoms with Gasteiger partial charge in [-0.1, -0.05) is 64.2 Å². The molecule has 1 atom stereocenters. The quantitative estimate of drug-likeness (QED) is 0.765. The molecule has 1 N–H and O–H groups in total. The minimum Gasteiger partial charge on any atom is -0.313 e. The molecule has 0 radical (unpaired) electrons. The largest absolute Gasteiger partial charge is 0.313 e. The van der Waals surface area contributed by atoms with Crippen molar-refractivity contribution in [2.45, 2.75) is 71.3 Å². The molecule has 1 aliphatic rings. The number of hydrogen-bond donors (Lipinski definition) is 1. The molecule has 1 saturated carbocycles. The van der Waals surface area contributed by atoms with E-state index in [0.717, 1.165) is 18.8 Å². The van der Waals surface area contributed by atoms with E-state index in [1.54, 1.807) is 5.56 Å². The molecule has 1 nitrogen and oxygen atoms in total. The first-order valence-electron chi connectivity index (χ1n) is 8.57. The molecule has 1 aromatic carbocycles. The monoisotopic (exact) mass is 273 g/mol. The first-order chi connectivity index (χ1) is 9.78. The average molecular weight is 273 g/mol. The Morgan fingerprint density at radius 1 is 1.10 bits per heavy atom. The second kappa shape index (κ2) is 7.83. The van der Waals surface area contributed by atoms with Crippen molar-refractivity contribution < 1.29 is 0 Å². The van der Waals surface area contributed by atoms with Crippen LogP contribution >= 0.6 is 0 Å². The van der Waals surface area contributed by atoms with Crippen molar-refractivity contribution in [2.75, 3.05) is 7.05 Å². The van der Waals surface area contributed by atoms with Gasteiger partial charge in [-0.15, -0.1) is 0 Å². The zero-order valence-electron chi connectivity index (χ0n) is 13.5. The lowest BCUT2D eigenvalue weighted by molar-refractivity contribution is 0.305. The summed E-state index contributed by atoms with van der Waals surface area (Å²) in [5.41, 5.74) is 4.55. The summed E-state index contributed by atoms with van der Waals surface area (Å²) in [4.78, 5) is 0. The van der Waals surface area contributed by atoms with Crippen LogP contribution in [0.2, 0.25) is 0 Å². The second-order valence-corrected chi connectivity index (χ2v) is 6.32. The van der Waals surface area contributed by atoms with E-state index in [0.29, 0.717) is 6.04 Å². The summed E-state index contributed by atoms with van der Waals surface area (Å²) in [6.07, 6.45) is 10.8. The minimum absolute atomic E-state index is 0.541. The van der Waals surface area contributed by atoms with Crippen LogP contribution in [0.4, 0.5) is 0 Å². The summed E-state index contributed by atoms with van der Waals surface area (Å²) in [6.45, 7) is 4.53. The maximum atomic E-state index is 3.59. The molecule has 0 bridgehead atoms. The Kier molecular flexibility index (Phi) is 6.09. The molecule has 0 saturated heterocycles. The van der Waals surface area contributed by atoms with Crippen LogP contribution in [0.1, 0.15) is 75.1 Å². The molecular formula is C19H31N. The summed E-state index contributed by atoms with van der Waals surface area (Å²) in [7, 11) is 2.13. The van der Waals surface area contributed by atoms with Gasteiger partial charge in [0, 0.05) is 6.04 Å². The summed E-state index contributed by atoms with van der Waals surface area (Å²) in [5, 5.41) is 3.59. The highest BCUT2D eigenvalue weighted by Crippen LogP contribution is 2.33. The number of benzene rings is 1. The molecule has 2 rings (SSSR count). The Hall–Kier alpha value is -0.820. The standard InChI is InChI=1S/C19H31N/c1-4-15-11-12-17(5-2)18(13-15)19(20-3)14-16-9-7-6-8-10-16/h11-13,16,19-20H,4-10,14H2,1-3H3. The molecule has 1 aliphatic carbocycles. The number of nitrogens with one attached hydrogen (secondary N) is 1. The number of hydrogen-bond acceptors (Lipinski definition) is 1. The van der Waals surface area contributed by atoms with E-state index in [1.165, 1.54) is 49.7 Å². The highest BCUT2D eigenvalue weighted by Gasteiger charge is 2.20. The molecule has 0 aromatic heterocycles. The Morgan fingerprint density at radius 3 is 2.45 bits per heavy atom. The predicted octanol–water partition coefficient (Wildman–Crippen LogP) is 5.04. The van der Waals surface area contributed by atoms with Crippen molar-refractivity contribution in [3.05, 3.63) is 34.9 Å². The van der Waals surface area contributed by atoms with Crippen molar-refractivity contribution in [3.63, 3.8) is 0 Å². The van der Waals surface area contributed by atoms with Crippen molar-refractivity contribution in [1.82, 2.24) is 5.32 Å². The van der Waals surface area contributed by atoms with Gasteiger partial charge in [0.25, 0.3) is 0 Å². The normalized spacial score (nSPS) is 18.1. The van der Waals surface area contributed by atoms with Gasteiger partial charge >= 0.3 is 0 Å². The molecule has 1 unspecified atom stereocenters. The highest BCUT2D eigenvalue weighted by atomic mass is 14.9. The average Bonchev–Trinajstić information content (AvgIpc) is 2.53. The fourth-order valence-corrected chi connectivity index (χ4v) is 3.67. The van der Waals surface area contributed by atoms with Gasteiger partial charge in [0.05, 0.1) is 0 Å². The van der Waals surface area contributed by atoms with Gasteiger partial charge in [0.15, 0.2) is 0 Å². The topological polar surface area (TPSA) is 12.0 Å². The van der Waals surface area contributed by atoms with Crippen molar-refractivity contribution in [3.8, 4) is 0 Å².